The SMILES string of the molecule is CCOC(=O)CCCNC(=NC)NCc1ccccc1-n1nc(C)cc1C.I. The molecule has 0 aliphatic heterocycles. The molecule has 0 radical (unpaired) electrons. The third kappa shape index (κ3) is 7.14. The fourth-order valence-corrected chi connectivity index (χ4v) is 2.81. The van der Waals surface area contributed by atoms with Crippen molar-refractivity contribution in [2.75, 3.05) is 20.2 Å². The van der Waals surface area contributed by atoms with Crippen LogP contribution in [0.2, 0.25) is 0 Å². The molecular weight excluding hydrogens is 469 g/mol. The van der Waals surface area contributed by atoms with Crippen molar-refractivity contribution in [3.63, 3.8) is 0 Å². The highest BCUT2D eigenvalue weighted by atomic mass is 127. The number of aromatic nitrogens is 2. The van der Waals surface area contributed by atoms with E-state index in [1.807, 2.05) is 37.6 Å². The van der Waals surface area contributed by atoms with E-state index in [1.54, 1.807) is 7.05 Å². The number of halogens is 1. The first-order valence-electron chi connectivity index (χ1n) is 9.26. The van der Waals surface area contributed by atoms with Crippen LogP contribution in [0.4, 0.5) is 0 Å². The van der Waals surface area contributed by atoms with Crippen LogP contribution in [-0.2, 0) is 16.1 Å². The second-order valence-electron chi connectivity index (χ2n) is 6.23. The molecule has 28 heavy (non-hydrogen) atoms. The molecule has 0 spiro atoms. The molecule has 2 rings (SSSR count). The van der Waals surface area contributed by atoms with Gasteiger partial charge in [-0.15, -0.1) is 24.0 Å². The molecule has 0 atom stereocenters. The fraction of sp³-hybridized carbons (Fsp3) is 0.450. The summed E-state index contributed by atoms with van der Waals surface area (Å²) >= 11 is 0. The summed E-state index contributed by atoms with van der Waals surface area (Å²) in [5.41, 5.74) is 4.27. The van der Waals surface area contributed by atoms with Crippen LogP contribution in [0.25, 0.3) is 5.69 Å². The van der Waals surface area contributed by atoms with Crippen molar-refractivity contribution in [1.82, 2.24) is 20.4 Å². The highest BCUT2D eigenvalue weighted by Crippen LogP contribution is 2.16. The number of aliphatic imine (C=N–C) groups is 1. The lowest BCUT2D eigenvalue weighted by atomic mass is 10.1. The van der Waals surface area contributed by atoms with Gasteiger partial charge in [0.1, 0.15) is 0 Å². The van der Waals surface area contributed by atoms with E-state index in [9.17, 15) is 4.79 Å². The normalized spacial score (nSPS) is 10.9. The molecule has 0 saturated heterocycles. The lowest BCUT2D eigenvalue weighted by Crippen LogP contribution is -2.37. The summed E-state index contributed by atoms with van der Waals surface area (Å²) < 4.78 is 6.89. The van der Waals surface area contributed by atoms with Crippen molar-refractivity contribution < 1.29 is 9.53 Å². The molecule has 154 valence electrons. The Morgan fingerprint density at radius 1 is 1.25 bits per heavy atom. The number of rotatable bonds is 8. The van der Waals surface area contributed by atoms with E-state index >= 15 is 0 Å². The van der Waals surface area contributed by atoms with E-state index in [4.69, 9.17) is 4.74 Å². The van der Waals surface area contributed by atoms with Gasteiger partial charge in [-0.25, -0.2) is 4.68 Å². The maximum Gasteiger partial charge on any atom is 0.305 e. The number of nitrogens with zero attached hydrogens (tertiary/aromatic N) is 3. The van der Waals surface area contributed by atoms with Gasteiger partial charge in [-0.1, -0.05) is 18.2 Å². The first-order valence-corrected chi connectivity index (χ1v) is 9.26. The van der Waals surface area contributed by atoms with Crippen molar-refractivity contribution in [1.29, 1.82) is 0 Å². The Kier molecular flexibility index (Phi) is 10.6. The van der Waals surface area contributed by atoms with Gasteiger partial charge in [0.05, 0.1) is 18.0 Å². The molecule has 1 heterocycles. The fourth-order valence-electron chi connectivity index (χ4n) is 2.81. The third-order valence-corrected chi connectivity index (χ3v) is 4.05. The molecule has 0 saturated carbocycles. The second-order valence-corrected chi connectivity index (χ2v) is 6.23. The van der Waals surface area contributed by atoms with E-state index in [-0.39, 0.29) is 29.9 Å². The summed E-state index contributed by atoms with van der Waals surface area (Å²) in [6.07, 6.45) is 1.10. The maximum atomic E-state index is 11.4. The van der Waals surface area contributed by atoms with Crippen LogP contribution in [0.1, 0.15) is 36.7 Å². The van der Waals surface area contributed by atoms with Crippen molar-refractivity contribution >= 4 is 35.9 Å². The number of hydrogen-bond donors (Lipinski definition) is 2. The van der Waals surface area contributed by atoms with Gasteiger partial charge >= 0.3 is 5.97 Å². The smallest absolute Gasteiger partial charge is 0.305 e. The largest absolute Gasteiger partial charge is 0.466 e. The van der Waals surface area contributed by atoms with Gasteiger partial charge < -0.3 is 15.4 Å². The van der Waals surface area contributed by atoms with Gasteiger partial charge in [0.2, 0.25) is 0 Å². The molecule has 0 amide bonds. The molecule has 2 N–H and O–H groups in total. The predicted octanol–water partition coefficient (Wildman–Crippen LogP) is 3.12. The number of carbonyl (C=O) groups excluding carboxylic acids is 1. The summed E-state index contributed by atoms with van der Waals surface area (Å²) in [5.74, 6) is 0.531. The summed E-state index contributed by atoms with van der Waals surface area (Å²) in [7, 11) is 1.73. The average molecular weight is 499 g/mol. The van der Waals surface area contributed by atoms with Gasteiger partial charge in [0.15, 0.2) is 5.96 Å². The first-order chi connectivity index (χ1) is 13.0. The van der Waals surface area contributed by atoms with Crippen molar-refractivity contribution in [3.05, 3.63) is 47.3 Å². The second kappa shape index (κ2) is 12.4. The van der Waals surface area contributed by atoms with E-state index in [0.29, 0.717) is 38.5 Å². The van der Waals surface area contributed by atoms with Crippen molar-refractivity contribution in [2.45, 2.75) is 40.2 Å². The van der Waals surface area contributed by atoms with Crippen LogP contribution in [0.5, 0.6) is 0 Å². The molecule has 0 bridgehead atoms. The molecule has 2 aromatic rings. The van der Waals surface area contributed by atoms with Crippen LogP contribution >= 0.6 is 24.0 Å². The molecule has 0 unspecified atom stereocenters. The number of nitrogens with one attached hydrogen (secondary N) is 2. The van der Waals surface area contributed by atoms with Crippen molar-refractivity contribution in [3.8, 4) is 5.69 Å². The zero-order chi connectivity index (χ0) is 19.6. The monoisotopic (exact) mass is 499 g/mol. The number of hydrogen-bond acceptors (Lipinski definition) is 4. The standard InChI is InChI=1S/C20H29N5O2.HI/c1-5-27-19(26)11-8-12-22-20(21-4)23-14-17-9-6-7-10-18(17)25-16(3)13-15(2)24-25;/h6-7,9-10,13H,5,8,11-12,14H2,1-4H3,(H2,21,22,23);1H. The highest BCUT2D eigenvalue weighted by Gasteiger charge is 2.09. The van der Waals surface area contributed by atoms with Gasteiger partial charge in [-0.05, 0) is 44.9 Å². The minimum absolute atomic E-state index is 0. The van der Waals surface area contributed by atoms with Crippen LogP contribution in [0.3, 0.4) is 0 Å². The number of esters is 1. The zero-order valence-electron chi connectivity index (χ0n) is 17.0. The molecule has 1 aromatic carbocycles. The summed E-state index contributed by atoms with van der Waals surface area (Å²) in [6.45, 7) is 7.54. The van der Waals surface area contributed by atoms with Gasteiger partial charge in [-0.3, -0.25) is 9.79 Å². The lowest BCUT2D eigenvalue weighted by molar-refractivity contribution is -0.143. The Balaban J connectivity index is 0.00000392. The Morgan fingerprint density at radius 3 is 2.64 bits per heavy atom. The first kappa shape index (κ1) is 23.9. The van der Waals surface area contributed by atoms with E-state index in [0.717, 1.165) is 22.6 Å². The number of aryl methyl sites for hydroxylation is 2. The van der Waals surface area contributed by atoms with Crippen LogP contribution in [-0.4, -0.2) is 41.9 Å². The van der Waals surface area contributed by atoms with E-state index in [1.165, 1.54) is 0 Å². The molecule has 0 aliphatic rings. The quantitative estimate of drug-likeness (QED) is 0.192. The molecule has 8 heteroatoms. The van der Waals surface area contributed by atoms with Crippen molar-refractivity contribution in [2.24, 2.45) is 4.99 Å². The Morgan fingerprint density at radius 2 is 2.00 bits per heavy atom. The number of carbonyl (C=O) groups is 1. The lowest BCUT2D eigenvalue weighted by Gasteiger charge is -2.15. The Labute approximate surface area is 184 Å². The predicted molar refractivity (Wildman–Crippen MR) is 123 cm³/mol. The number of para-hydroxylation sites is 1. The minimum Gasteiger partial charge on any atom is -0.466 e. The van der Waals surface area contributed by atoms with Gasteiger partial charge in [0, 0.05) is 32.3 Å². The van der Waals surface area contributed by atoms with E-state index in [2.05, 4.69) is 38.9 Å². The topological polar surface area (TPSA) is 80.5 Å². The Bertz CT molecular complexity index is 789. The summed E-state index contributed by atoms with van der Waals surface area (Å²) in [4.78, 5) is 15.6. The molecule has 7 nitrogen and oxygen atoms in total. The van der Waals surface area contributed by atoms with Crippen LogP contribution < -0.4 is 10.6 Å². The summed E-state index contributed by atoms with van der Waals surface area (Å²) in [5, 5.41) is 11.1. The highest BCUT2D eigenvalue weighted by molar-refractivity contribution is 14.0. The minimum atomic E-state index is -0.166. The Hall–Kier alpha value is -2.10. The number of ether oxygens (including phenoxy) is 1. The number of benzene rings is 1. The maximum absolute atomic E-state index is 11.4. The van der Waals surface area contributed by atoms with Gasteiger partial charge in [-0.2, -0.15) is 5.10 Å². The molecule has 0 aliphatic carbocycles. The zero-order valence-corrected chi connectivity index (χ0v) is 19.3. The molecular formula is C20H30IN5O2. The summed E-state index contributed by atoms with van der Waals surface area (Å²) in [6, 6.07) is 10.2. The van der Waals surface area contributed by atoms with Crippen LogP contribution in [0.15, 0.2) is 35.3 Å². The van der Waals surface area contributed by atoms with E-state index < -0.39 is 0 Å². The molecule has 1 aromatic heterocycles. The van der Waals surface area contributed by atoms with Crippen LogP contribution in [0, 0.1) is 13.8 Å². The molecule has 0 fully saturated rings. The average Bonchev–Trinajstić information content (AvgIpc) is 2.99. The van der Waals surface area contributed by atoms with Gasteiger partial charge in [0.25, 0.3) is 0 Å². The number of guanidine groups is 1. The third-order valence-electron chi connectivity index (χ3n) is 4.05.